The summed E-state index contributed by atoms with van der Waals surface area (Å²) in [7, 11) is 0. The maximum atomic E-state index is 13.0. The van der Waals surface area contributed by atoms with Crippen LogP contribution in [0.3, 0.4) is 0 Å². The highest BCUT2D eigenvalue weighted by molar-refractivity contribution is 6.30. The van der Waals surface area contributed by atoms with Crippen molar-refractivity contribution < 1.29 is 9.13 Å². The Bertz CT molecular complexity index is 1120. The van der Waals surface area contributed by atoms with Gasteiger partial charge in [-0.1, -0.05) is 24.6 Å². The van der Waals surface area contributed by atoms with Crippen molar-refractivity contribution >= 4 is 17.3 Å². The summed E-state index contributed by atoms with van der Waals surface area (Å²) >= 11 is 6.12. The molecule has 1 aliphatic heterocycles. The first-order chi connectivity index (χ1) is 16.5. The quantitative estimate of drug-likeness (QED) is 0.436. The molecule has 0 saturated carbocycles. The van der Waals surface area contributed by atoms with Crippen LogP contribution in [0, 0.1) is 5.82 Å². The molecule has 7 nitrogen and oxygen atoms in total. The molecule has 1 saturated heterocycles. The molecule has 4 rings (SSSR count). The fourth-order valence-corrected chi connectivity index (χ4v) is 4.43. The Morgan fingerprint density at radius 1 is 1.03 bits per heavy atom. The van der Waals surface area contributed by atoms with E-state index >= 15 is 0 Å². The lowest BCUT2D eigenvalue weighted by Crippen LogP contribution is -2.46. The molecule has 0 spiro atoms. The minimum Gasteiger partial charge on any atom is -0.492 e. The van der Waals surface area contributed by atoms with Gasteiger partial charge in [0.05, 0.1) is 6.54 Å². The summed E-state index contributed by atoms with van der Waals surface area (Å²) in [5.74, 6) is 1.03. The van der Waals surface area contributed by atoms with E-state index in [0.29, 0.717) is 31.9 Å². The molecule has 9 heteroatoms. The number of halogens is 2. The molecule has 1 aliphatic rings. The third-order valence-electron chi connectivity index (χ3n) is 6.10. The van der Waals surface area contributed by atoms with E-state index in [0.717, 1.165) is 50.0 Å². The number of aryl methyl sites for hydroxylation is 2. The van der Waals surface area contributed by atoms with E-state index in [1.807, 2.05) is 25.1 Å². The second kappa shape index (κ2) is 11.5. The standard InChI is InChI=1S/C25H31ClFN5O2/c1-2-24-28-32(25(33)31(24)17-18-34-23-9-7-21(27)8-10-23)12-4-11-29-13-15-30(16-14-29)22-6-3-5-20(26)19-22/h3,5-10,19H,2,4,11-18H2,1H3. The van der Waals surface area contributed by atoms with E-state index in [1.54, 1.807) is 21.4 Å². The number of rotatable bonds is 10. The highest BCUT2D eigenvalue weighted by Crippen LogP contribution is 2.20. The third kappa shape index (κ3) is 6.18. The van der Waals surface area contributed by atoms with E-state index in [1.165, 1.54) is 17.8 Å². The number of ether oxygens (including phenoxy) is 1. The minimum atomic E-state index is -0.305. The summed E-state index contributed by atoms with van der Waals surface area (Å²) in [5, 5.41) is 5.29. The molecular formula is C25H31ClFN5O2. The lowest BCUT2D eigenvalue weighted by Gasteiger charge is -2.36. The van der Waals surface area contributed by atoms with Gasteiger partial charge in [-0.15, -0.1) is 0 Å². The Kier molecular flexibility index (Phi) is 8.24. The van der Waals surface area contributed by atoms with Crippen LogP contribution in [0.2, 0.25) is 5.02 Å². The number of hydrogen-bond donors (Lipinski definition) is 0. The summed E-state index contributed by atoms with van der Waals surface area (Å²) in [4.78, 5) is 17.7. The Labute approximate surface area is 204 Å². The average molecular weight is 488 g/mol. The molecule has 2 heterocycles. The maximum Gasteiger partial charge on any atom is 0.346 e. The van der Waals surface area contributed by atoms with Crippen LogP contribution in [0.15, 0.2) is 53.3 Å². The van der Waals surface area contributed by atoms with Crippen LogP contribution in [0.4, 0.5) is 10.1 Å². The van der Waals surface area contributed by atoms with E-state index in [9.17, 15) is 9.18 Å². The predicted octanol–water partition coefficient (Wildman–Crippen LogP) is 3.69. The summed E-state index contributed by atoms with van der Waals surface area (Å²) < 4.78 is 21.9. The zero-order chi connectivity index (χ0) is 23.9. The van der Waals surface area contributed by atoms with Crippen LogP contribution in [0.25, 0.3) is 0 Å². The predicted molar refractivity (Wildman–Crippen MR) is 132 cm³/mol. The van der Waals surface area contributed by atoms with Crippen molar-refractivity contribution in [1.82, 2.24) is 19.2 Å². The first-order valence-electron chi connectivity index (χ1n) is 11.8. The number of anilines is 1. The van der Waals surface area contributed by atoms with Crippen LogP contribution in [-0.4, -0.2) is 58.6 Å². The lowest BCUT2D eigenvalue weighted by molar-refractivity contribution is 0.248. The SMILES string of the molecule is CCc1nn(CCCN2CCN(c3cccc(Cl)c3)CC2)c(=O)n1CCOc1ccc(F)cc1. The Morgan fingerprint density at radius 3 is 2.50 bits per heavy atom. The van der Waals surface area contributed by atoms with Crippen LogP contribution in [0.5, 0.6) is 5.75 Å². The zero-order valence-electron chi connectivity index (χ0n) is 19.5. The van der Waals surface area contributed by atoms with Gasteiger partial charge in [-0.25, -0.2) is 13.9 Å². The fraction of sp³-hybridized carbons (Fsp3) is 0.440. The number of nitrogens with zero attached hydrogens (tertiary/aromatic N) is 5. The van der Waals surface area contributed by atoms with E-state index in [2.05, 4.69) is 21.0 Å². The molecule has 1 aromatic heterocycles. The molecule has 0 aliphatic carbocycles. The van der Waals surface area contributed by atoms with E-state index in [-0.39, 0.29) is 11.5 Å². The largest absolute Gasteiger partial charge is 0.492 e. The summed E-state index contributed by atoms with van der Waals surface area (Å²) in [6.07, 6.45) is 1.54. The van der Waals surface area contributed by atoms with Crippen molar-refractivity contribution in [2.24, 2.45) is 0 Å². The summed E-state index contributed by atoms with van der Waals surface area (Å²) in [6.45, 7) is 8.12. The Balaban J connectivity index is 1.24. The summed E-state index contributed by atoms with van der Waals surface area (Å²) in [6, 6.07) is 13.9. The van der Waals surface area contributed by atoms with Gasteiger partial charge in [-0.2, -0.15) is 5.10 Å². The first kappa shape index (κ1) is 24.3. The van der Waals surface area contributed by atoms with Gasteiger partial charge in [-0.05, 0) is 48.9 Å². The van der Waals surface area contributed by atoms with Crippen molar-refractivity contribution in [1.29, 1.82) is 0 Å². The Morgan fingerprint density at radius 2 is 1.79 bits per heavy atom. The van der Waals surface area contributed by atoms with Crippen molar-refractivity contribution in [3.05, 3.63) is 75.7 Å². The number of aromatic nitrogens is 3. The molecule has 2 aromatic carbocycles. The molecule has 3 aromatic rings. The molecule has 0 radical (unpaired) electrons. The normalized spacial score (nSPS) is 14.5. The number of benzene rings is 2. The van der Waals surface area contributed by atoms with Crippen molar-refractivity contribution in [3.8, 4) is 5.75 Å². The zero-order valence-corrected chi connectivity index (χ0v) is 20.3. The van der Waals surface area contributed by atoms with Crippen LogP contribution < -0.4 is 15.3 Å². The van der Waals surface area contributed by atoms with E-state index in [4.69, 9.17) is 16.3 Å². The molecule has 0 bridgehead atoms. The minimum absolute atomic E-state index is 0.106. The second-order valence-corrected chi connectivity index (χ2v) is 8.83. The monoisotopic (exact) mass is 487 g/mol. The van der Waals surface area contributed by atoms with Gasteiger partial charge in [0, 0.05) is 56.4 Å². The molecule has 1 fully saturated rings. The van der Waals surface area contributed by atoms with Crippen molar-refractivity contribution in [3.63, 3.8) is 0 Å². The topological polar surface area (TPSA) is 55.5 Å². The summed E-state index contributed by atoms with van der Waals surface area (Å²) in [5.41, 5.74) is 1.06. The molecule has 0 N–H and O–H groups in total. The van der Waals surface area contributed by atoms with Crippen molar-refractivity contribution in [2.45, 2.75) is 32.9 Å². The van der Waals surface area contributed by atoms with Crippen molar-refractivity contribution in [2.75, 3.05) is 44.2 Å². The van der Waals surface area contributed by atoms with Gasteiger partial charge in [0.2, 0.25) is 0 Å². The third-order valence-corrected chi connectivity index (χ3v) is 6.34. The Hall–Kier alpha value is -2.84. The molecular weight excluding hydrogens is 457 g/mol. The maximum absolute atomic E-state index is 13.0. The molecule has 182 valence electrons. The molecule has 0 amide bonds. The second-order valence-electron chi connectivity index (χ2n) is 8.39. The number of piperazine rings is 1. The average Bonchev–Trinajstić information content (AvgIpc) is 3.15. The highest BCUT2D eigenvalue weighted by Gasteiger charge is 2.18. The van der Waals surface area contributed by atoms with Crippen LogP contribution >= 0.6 is 11.6 Å². The van der Waals surface area contributed by atoms with Crippen LogP contribution in [0.1, 0.15) is 19.2 Å². The van der Waals surface area contributed by atoms with Gasteiger partial charge in [-0.3, -0.25) is 9.47 Å². The van der Waals surface area contributed by atoms with E-state index < -0.39 is 0 Å². The molecule has 0 unspecified atom stereocenters. The molecule has 34 heavy (non-hydrogen) atoms. The van der Waals surface area contributed by atoms with Crippen LogP contribution in [-0.2, 0) is 19.5 Å². The lowest BCUT2D eigenvalue weighted by atomic mass is 10.2. The first-order valence-corrected chi connectivity index (χ1v) is 12.2. The van der Waals surface area contributed by atoms with Gasteiger partial charge < -0.3 is 9.64 Å². The smallest absolute Gasteiger partial charge is 0.346 e. The van der Waals surface area contributed by atoms with Gasteiger partial charge in [0.25, 0.3) is 0 Å². The van der Waals surface area contributed by atoms with Gasteiger partial charge >= 0.3 is 5.69 Å². The van der Waals surface area contributed by atoms with Gasteiger partial charge in [0.15, 0.2) is 0 Å². The highest BCUT2D eigenvalue weighted by atomic mass is 35.5. The molecule has 0 atom stereocenters. The number of hydrogen-bond acceptors (Lipinski definition) is 5. The van der Waals surface area contributed by atoms with Gasteiger partial charge in [0.1, 0.15) is 24.0 Å². The fourth-order valence-electron chi connectivity index (χ4n) is 4.25.